The van der Waals surface area contributed by atoms with Crippen LogP contribution < -0.4 is 5.32 Å². The maximum absolute atomic E-state index is 11.9. The van der Waals surface area contributed by atoms with Crippen LogP contribution in [0.5, 0.6) is 0 Å². The van der Waals surface area contributed by atoms with Crippen LogP contribution in [0.3, 0.4) is 0 Å². The van der Waals surface area contributed by atoms with Crippen LogP contribution in [-0.2, 0) is 13.5 Å². The number of hydrogen-bond donors (Lipinski definition) is 1. The van der Waals surface area contributed by atoms with E-state index in [2.05, 4.69) is 10.4 Å². The predicted molar refractivity (Wildman–Crippen MR) is 72.0 cm³/mol. The third-order valence-corrected chi connectivity index (χ3v) is 2.84. The minimum absolute atomic E-state index is 0.167. The number of carbonyl (C=O) groups is 1. The van der Waals surface area contributed by atoms with E-state index in [4.69, 9.17) is 11.6 Å². The Morgan fingerprint density at radius 1 is 1.33 bits per heavy atom. The summed E-state index contributed by atoms with van der Waals surface area (Å²) >= 11 is 5.67. The van der Waals surface area contributed by atoms with Gasteiger partial charge in [-0.15, -0.1) is 11.6 Å². The fourth-order valence-electron chi connectivity index (χ4n) is 1.66. The van der Waals surface area contributed by atoms with Crippen molar-refractivity contribution in [1.29, 1.82) is 0 Å². The molecular weight excluding hydrogens is 250 g/mol. The Morgan fingerprint density at radius 3 is 2.61 bits per heavy atom. The van der Waals surface area contributed by atoms with Crippen molar-refractivity contribution in [3.05, 3.63) is 47.8 Å². The normalized spacial score (nSPS) is 10.3. The molecule has 0 aliphatic carbocycles. The summed E-state index contributed by atoms with van der Waals surface area (Å²) < 4.78 is 1.54. The van der Waals surface area contributed by atoms with Gasteiger partial charge in [0.15, 0.2) is 0 Å². The molecule has 1 aromatic carbocycles. The van der Waals surface area contributed by atoms with Crippen LogP contribution in [0.2, 0.25) is 0 Å². The number of aromatic nitrogens is 2. The molecule has 0 spiro atoms. The first-order chi connectivity index (χ1) is 8.70. The van der Waals surface area contributed by atoms with Gasteiger partial charge in [0.2, 0.25) is 0 Å². The Kier molecular flexibility index (Phi) is 3.99. The molecule has 0 radical (unpaired) electrons. The Balaban J connectivity index is 2.05. The van der Waals surface area contributed by atoms with E-state index in [9.17, 15) is 4.79 Å². The molecule has 4 nitrogen and oxygen atoms in total. The molecular formula is C13H14ClN3O. The highest BCUT2D eigenvalue weighted by Gasteiger charge is 2.09. The van der Waals surface area contributed by atoms with Crippen LogP contribution in [0.25, 0.3) is 0 Å². The van der Waals surface area contributed by atoms with E-state index in [1.54, 1.807) is 19.3 Å². The quantitative estimate of drug-likeness (QED) is 0.862. The second-order valence-electron chi connectivity index (χ2n) is 3.93. The van der Waals surface area contributed by atoms with Gasteiger partial charge in [0.25, 0.3) is 5.91 Å². The fraction of sp³-hybridized carbons (Fsp3) is 0.231. The fourth-order valence-corrected chi connectivity index (χ4v) is 1.87. The standard InChI is InChI=1S/C13H14ClN3O/c1-17-12(7-9-15-17)13(18)16-11-4-2-10(3-5-11)6-8-14/h2-5,7,9H,6,8H2,1H3,(H,16,18). The zero-order valence-corrected chi connectivity index (χ0v) is 10.8. The first-order valence-corrected chi connectivity index (χ1v) is 6.18. The van der Waals surface area contributed by atoms with Crippen LogP contribution in [0.4, 0.5) is 5.69 Å². The maximum atomic E-state index is 11.9. The van der Waals surface area contributed by atoms with E-state index in [0.29, 0.717) is 11.6 Å². The summed E-state index contributed by atoms with van der Waals surface area (Å²) in [5.74, 6) is 0.431. The molecule has 94 valence electrons. The summed E-state index contributed by atoms with van der Waals surface area (Å²) in [5, 5.41) is 6.78. The van der Waals surface area contributed by atoms with E-state index in [1.165, 1.54) is 4.68 Å². The molecule has 0 atom stereocenters. The van der Waals surface area contributed by atoms with Crippen molar-refractivity contribution >= 4 is 23.2 Å². The van der Waals surface area contributed by atoms with Crippen LogP contribution in [0.1, 0.15) is 16.1 Å². The van der Waals surface area contributed by atoms with Gasteiger partial charge in [0.1, 0.15) is 5.69 Å². The minimum atomic E-state index is -0.167. The summed E-state index contributed by atoms with van der Waals surface area (Å²) in [7, 11) is 1.73. The Labute approximate surface area is 111 Å². The highest BCUT2D eigenvalue weighted by molar-refractivity contribution is 6.18. The molecule has 0 fully saturated rings. The van der Waals surface area contributed by atoms with Crippen molar-refractivity contribution in [2.75, 3.05) is 11.2 Å². The summed E-state index contributed by atoms with van der Waals surface area (Å²) in [6.45, 7) is 0. The first kappa shape index (κ1) is 12.6. The lowest BCUT2D eigenvalue weighted by Gasteiger charge is -2.06. The number of benzene rings is 1. The second-order valence-corrected chi connectivity index (χ2v) is 4.31. The van der Waals surface area contributed by atoms with Gasteiger partial charge in [-0.05, 0) is 30.2 Å². The van der Waals surface area contributed by atoms with Crippen molar-refractivity contribution < 1.29 is 4.79 Å². The van der Waals surface area contributed by atoms with Crippen LogP contribution in [0.15, 0.2) is 36.5 Å². The maximum Gasteiger partial charge on any atom is 0.273 e. The average molecular weight is 264 g/mol. The number of amides is 1. The van der Waals surface area contributed by atoms with Gasteiger partial charge < -0.3 is 5.32 Å². The highest BCUT2D eigenvalue weighted by Crippen LogP contribution is 2.12. The van der Waals surface area contributed by atoms with E-state index < -0.39 is 0 Å². The number of nitrogens with zero attached hydrogens (tertiary/aromatic N) is 2. The van der Waals surface area contributed by atoms with Crippen LogP contribution in [-0.4, -0.2) is 21.6 Å². The van der Waals surface area contributed by atoms with E-state index in [-0.39, 0.29) is 5.91 Å². The summed E-state index contributed by atoms with van der Waals surface area (Å²) in [5.41, 5.74) is 2.45. The molecule has 0 aliphatic rings. The lowest BCUT2D eigenvalue weighted by molar-refractivity contribution is 0.101. The molecule has 0 bridgehead atoms. The number of hydrogen-bond acceptors (Lipinski definition) is 2. The number of halogens is 1. The SMILES string of the molecule is Cn1nccc1C(=O)Nc1ccc(CCCl)cc1. The molecule has 1 heterocycles. The van der Waals surface area contributed by atoms with Crippen molar-refractivity contribution in [3.63, 3.8) is 0 Å². The van der Waals surface area contributed by atoms with Gasteiger partial charge in [-0.1, -0.05) is 12.1 Å². The number of nitrogens with one attached hydrogen (secondary N) is 1. The molecule has 2 aromatic rings. The zero-order chi connectivity index (χ0) is 13.0. The second kappa shape index (κ2) is 5.69. The molecule has 1 aromatic heterocycles. The van der Waals surface area contributed by atoms with Gasteiger partial charge in [-0.25, -0.2) is 0 Å². The molecule has 5 heteroatoms. The Morgan fingerprint density at radius 2 is 2.06 bits per heavy atom. The molecule has 0 saturated heterocycles. The smallest absolute Gasteiger partial charge is 0.273 e. The van der Waals surface area contributed by atoms with E-state index in [0.717, 1.165) is 17.7 Å². The average Bonchev–Trinajstić information content (AvgIpc) is 2.78. The van der Waals surface area contributed by atoms with E-state index in [1.807, 2.05) is 24.3 Å². The molecule has 2 rings (SSSR count). The third kappa shape index (κ3) is 2.90. The summed E-state index contributed by atoms with van der Waals surface area (Å²) in [6, 6.07) is 9.34. The molecule has 1 N–H and O–H groups in total. The topological polar surface area (TPSA) is 46.9 Å². The Hall–Kier alpha value is -1.81. The molecule has 1 amide bonds. The van der Waals surface area contributed by atoms with Crippen LogP contribution in [0, 0.1) is 0 Å². The molecule has 0 saturated carbocycles. The van der Waals surface area contributed by atoms with Crippen LogP contribution >= 0.6 is 11.6 Å². The number of alkyl halides is 1. The first-order valence-electron chi connectivity index (χ1n) is 5.65. The molecule has 0 aliphatic heterocycles. The predicted octanol–water partition coefficient (Wildman–Crippen LogP) is 2.45. The third-order valence-electron chi connectivity index (χ3n) is 2.65. The monoisotopic (exact) mass is 263 g/mol. The largest absolute Gasteiger partial charge is 0.321 e. The number of anilines is 1. The number of carbonyl (C=O) groups excluding carboxylic acids is 1. The van der Waals surface area contributed by atoms with Gasteiger partial charge in [-0.2, -0.15) is 5.10 Å². The van der Waals surface area contributed by atoms with Gasteiger partial charge in [0, 0.05) is 24.8 Å². The minimum Gasteiger partial charge on any atom is -0.321 e. The lowest BCUT2D eigenvalue weighted by atomic mass is 10.1. The van der Waals surface area contributed by atoms with Crippen molar-refractivity contribution in [1.82, 2.24) is 9.78 Å². The zero-order valence-electron chi connectivity index (χ0n) is 10.1. The van der Waals surface area contributed by atoms with Gasteiger partial charge >= 0.3 is 0 Å². The highest BCUT2D eigenvalue weighted by atomic mass is 35.5. The Bertz CT molecular complexity index is 533. The number of rotatable bonds is 4. The lowest BCUT2D eigenvalue weighted by Crippen LogP contribution is -2.16. The molecule has 18 heavy (non-hydrogen) atoms. The van der Waals surface area contributed by atoms with Gasteiger partial charge in [-0.3, -0.25) is 9.48 Å². The molecule has 0 unspecified atom stereocenters. The van der Waals surface area contributed by atoms with E-state index >= 15 is 0 Å². The van der Waals surface area contributed by atoms with Crippen molar-refractivity contribution in [3.8, 4) is 0 Å². The number of aryl methyl sites for hydroxylation is 2. The van der Waals surface area contributed by atoms with Gasteiger partial charge in [0.05, 0.1) is 0 Å². The van der Waals surface area contributed by atoms with Crippen molar-refractivity contribution in [2.24, 2.45) is 7.05 Å². The summed E-state index contributed by atoms with van der Waals surface area (Å²) in [6.07, 6.45) is 2.43. The van der Waals surface area contributed by atoms with Crippen molar-refractivity contribution in [2.45, 2.75) is 6.42 Å². The summed E-state index contributed by atoms with van der Waals surface area (Å²) in [4.78, 5) is 11.9.